The first kappa shape index (κ1) is 30.0. The van der Waals surface area contributed by atoms with Crippen LogP contribution in [-0.2, 0) is 28.9 Å². The molecule has 220 valence electrons. The Balaban J connectivity index is 0.00000189. The molecule has 0 spiro atoms. The smallest absolute Gasteiger partial charge is 0.410 e. The summed E-state index contributed by atoms with van der Waals surface area (Å²) in [5.41, 5.74) is 3.74. The number of rotatable bonds is 7. The molecule has 5 rings (SSSR count). The first-order valence-corrected chi connectivity index (χ1v) is 14.4. The van der Waals surface area contributed by atoms with Crippen LogP contribution < -0.4 is 10.1 Å². The molecule has 1 fully saturated rings. The highest BCUT2D eigenvalue weighted by molar-refractivity contribution is 5.98. The minimum Gasteiger partial charge on any atom is -0.496 e. The van der Waals surface area contributed by atoms with Gasteiger partial charge in [-0.2, -0.15) is 0 Å². The molecule has 1 saturated heterocycles. The Kier molecular flexibility index (Phi) is 9.99. The molecule has 0 aliphatic carbocycles. The van der Waals surface area contributed by atoms with Crippen LogP contribution in [0.2, 0.25) is 0 Å². The van der Waals surface area contributed by atoms with E-state index < -0.39 is 0 Å². The summed E-state index contributed by atoms with van der Waals surface area (Å²) in [6.45, 7) is 14.1. The zero-order valence-corrected chi connectivity index (χ0v) is 24.7. The summed E-state index contributed by atoms with van der Waals surface area (Å²) < 4.78 is 18.6. The molecule has 2 atom stereocenters. The van der Waals surface area contributed by atoms with Crippen LogP contribution >= 0.6 is 0 Å². The number of fused-ring (bicyclic) bond motifs is 2. The Morgan fingerprint density at radius 2 is 1.98 bits per heavy atom. The number of methoxy groups -OCH3 is 1. The average Bonchev–Trinajstić information content (AvgIpc) is 3.73. The summed E-state index contributed by atoms with van der Waals surface area (Å²) in [6, 6.07) is 4.05. The molecular formula is C31H41N5O5. The van der Waals surface area contributed by atoms with Crippen molar-refractivity contribution in [3.05, 3.63) is 71.0 Å². The number of amides is 2. The number of nitrogens with zero attached hydrogens (tertiary/aromatic N) is 4. The largest absolute Gasteiger partial charge is 0.496 e. The number of carbonyl (C=O) groups excluding carboxylic acids is 2. The van der Waals surface area contributed by atoms with Crippen LogP contribution in [0.25, 0.3) is 5.57 Å². The molecule has 1 N–H and O–H groups in total. The normalized spacial score (nSPS) is 19.7. The van der Waals surface area contributed by atoms with Crippen molar-refractivity contribution in [1.29, 1.82) is 0 Å². The molecule has 3 aliphatic rings. The molecule has 3 aliphatic heterocycles. The van der Waals surface area contributed by atoms with Crippen molar-refractivity contribution in [2.75, 3.05) is 26.9 Å². The number of benzene rings is 1. The summed E-state index contributed by atoms with van der Waals surface area (Å²) in [5.74, 6) is 2.03. The second kappa shape index (κ2) is 13.6. The number of aromatic nitrogens is 3. The first-order chi connectivity index (χ1) is 19.8. The van der Waals surface area contributed by atoms with Crippen molar-refractivity contribution in [3.63, 3.8) is 0 Å². The third-order valence-corrected chi connectivity index (χ3v) is 7.46. The highest BCUT2D eigenvalue weighted by atomic mass is 16.6. The van der Waals surface area contributed by atoms with Crippen LogP contribution in [0.3, 0.4) is 0 Å². The van der Waals surface area contributed by atoms with Gasteiger partial charge in [0.05, 0.1) is 25.9 Å². The Morgan fingerprint density at radius 1 is 1.17 bits per heavy atom. The van der Waals surface area contributed by atoms with Crippen molar-refractivity contribution in [2.24, 2.45) is 0 Å². The van der Waals surface area contributed by atoms with Crippen LogP contribution in [-0.4, -0.2) is 64.6 Å². The van der Waals surface area contributed by atoms with Gasteiger partial charge >= 0.3 is 6.09 Å². The van der Waals surface area contributed by atoms with E-state index in [1.807, 2.05) is 39.0 Å². The molecule has 2 unspecified atom stereocenters. The van der Waals surface area contributed by atoms with Gasteiger partial charge in [0.25, 0.3) is 5.91 Å². The quantitative estimate of drug-likeness (QED) is 0.472. The average molecular weight is 564 g/mol. The second-order valence-electron chi connectivity index (χ2n) is 10.2. The lowest BCUT2D eigenvalue weighted by Crippen LogP contribution is -2.38. The van der Waals surface area contributed by atoms with Gasteiger partial charge in [-0.05, 0) is 61.6 Å². The van der Waals surface area contributed by atoms with E-state index in [0.29, 0.717) is 62.2 Å². The maximum absolute atomic E-state index is 13.2. The van der Waals surface area contributed by atoms with E-state index in [-0.39, 0.29) is 18.1 Å². The maximum Gasteiger partial charge on any atom is 0.410 e. The fourth-order valence-electron chi connectivity index (χ4n) is 5.24. The summed E-state index contributed by atoms with van der Waals surface area (Å²) in [6.07, 6.45) is 8.35. The number of ether oxygens (including phenoxy) is 3. The Hall–Kier alpha value is -3.92. The van der Waals surface area contributed by atoms with Crippen molar-refractivity contribution >= 4 is 17.6 Å². The molecule has 0 saturated carbocycles. The molecule has 2 aromatic rings. The minimum absolute atomic E-state index is 0.200. The van der Waals surface area contributed by atoms with E-state index >= 15 is 0 Å². The lowest BCUT2D eigenvalue weighted by atomic mass is 9.96. The molecule has 4 heterocycles. The Labute approximate surface area is 242 Å². The van der Waals surface area contributed by atoms with Crippen molar-refractivity contribution in [1.82, 2.24) is 25.0 Å². The molecule has 41 heavy (non-hydrogen) atoms. The molecular weight excluding hydrogens is 522 g/mol. The van der Waals surface area contributed by atoms with E-state index in [1.54, 1.807) is 24.2 Å². The molecule has 1 aromatic heterocycles. The summed E-state index contributed by atoms with van der Waals surface area (Å²) in [7, 11) is 1.54. The van der Waals surface area contributed by atoms with Gasteiger partial charge in [-0.25, -0.2) is 4.79 Å². The van der Waals surface area contributed by atoms with Crippen LogP contribution in [0.4, 0.5) is 4.79 Å². The molecule has 1 aromatic carbocycles. The van der Waals surface area contributed by atoms with Gasteiger partial charge in [-0.15, -0.1) is 10.2 Å². The number of nitrogens with one attached hydrogen (secondary N) is 1. The molecule has 2 amide bonds. The van der Waals surface area contributed by atoms with E-state index in [0.717, 1.165) is 41.2 Å². The second-order valence-corrected chi connectivity index (χ2v) is 10.2. The van der Waals surface area contributed by atoms with Crippen molar-refractivity contribution < 1.29 is 23.8 Å². The molecule has 0 bridgehead atoms. The van der Waals surface area contributed by atoms with E-state index in [2.05, 4.69) is 33.6 Å². The van der Waals surface area contributed by atoms with Gasteiger partial charge in [0, 0.05) is 37.7 Å². The third-order valence-electron chi connectivity index (χ3n) is 7.46. The summed E-state index contributed by atoms with van der Waals surface area (Å²) in [5, 5.41) is 11.5. The summed E-state index contributed by atoms with van der Waals surface area (Å²) >= 11 is 0. The number of carbonyl (C=O) groups is 2. The zero-order valence-electron chi connectivity index (χ0n) is 24.7. The molecule has 10 nitrogen and oxygen atoms in total. The maximum atomic E-state index is 13.2. The van der Waals surface area contributed by atoms with E-state index in [4.69, 9.17) is 14.2 Å². The third kappa shape index (κ3) is 6.87. The van der Waals surface area contributed by atoms with Crippen molar-refractivity contribution in [3.8, 4) is 5.75 Å². The van der Waals surface area contributed by atoms with Crippen LogP contribution in [0.1, 0.15) is 79.7 Å². The van der Waals surface area contributed by atoms with Gasteiger partial charge in [-0.1, -0.05) is 32.6 Å². The Bertz CT molecular complexity index is 1340. The van der Waals surface area contributed by atoms with Gasteiger partial charge in [-0.3, -0.25) is 4.79 Å². The SMILES string of the molecule is C=C(/C=C\C=C(/C)c1nnc2n1C(C)CC2)NC(=O)c1cc2c(cc1OC)CCN(C(=O)OC1CCOC1)C2.CC. The number of hydrogen-bond acceptors (Lipinski definition) is 7. The van der Waals surface area contributed by atoms with Crippen LogP contribution in [0.5, 0.6) is 5.75 Å². The zero-order chi connectivity index (χ0) is 29.5. The fourth-order valence-corrected chi connectivity index (χ4v) is 5.24. The van der Waals surface area contributed by atoms with Crippen LogP contribution in [0, 0.1) is 0 Å². The fraction of sp³-hybridized carbons (Fsp3) is 0.484. The van der Waals surface area contributed by atoms with Gasteiger partial charge in [0.15, 0.2) is 5.82 Å². The molecule has 0 radical (unpaired) electrons. The minimum atomic E-state index is -0.356. The van der Waals surface area contributed by atoms with Crippen molar-refractivity contribution in [2.45, 2.75) is 72.1 Å². The monoisotopic (exact) mass is 563 g/mol. The number of allylic oxidation sites excluding steroid dienone is 4. The molecule has 10 heteroatoms. The Morgan fingerprint density at radius 3 is 2.71 bits per heavy atom. The van der Waals surface area contributed by atoms with E-state index in [1.165, 1.54) is 0 Å². The highest BCUT2D eigenvalue weighted by Crippen LogP contribution is 2.30. The lowest BCUT2D eigenvalue weighted by molar-refractivity contribution is 0.0516. The predicted molar refractivity (Wildman–Crippen MR) is 157 cm³/mol. The summed E-state index contributed by atoms with van der Waals surface area (Å²) in [4.78, 5) is 27.5. The lowest BCUT2D eigenvalue weighted by Gasteiger charge is -2.29. The first-order valence-electron chi connectivity index (χ1n) is 14.4. The van der Waals surface area contributed by atoms with Gasteiger partial charge in [0.2, 0.25) is 0 Å². The number of hydrogen-bond donors (Lipinski definition) is 1. The number of aryl methyl sites for hydroxylation is 1. The van der Waals surface area contributed by atoms with E-state index in [9.17, 15) is 9.59 Å². The predicted octanol–water partition coefficient (Wildman–Crippen LogP) is 5.01. The topological polar surface area (TPSA) is 108 Å². The van der Waals surface area contributed by atoms with Gasteiger partial charge < -0.3 is 29.0 Å². The van der Waals surface area contributed by atoms with Crippen LogP contribution in [0.15, 0.2) is 42.6 Å². The highest BCUT2D eigenvalue weighted by Gasteiger charge is 2.28. The van der Waals surface area contributed by atoms with Gasteiger partial charge in [0.1, 0.15) is 17.7 Å². The standard InChI is InChI=1S/C29H35N5O5.C2H6/c1-18(27-32-31-26-9-8-20(3)34(26)27)6-5-7-19(2)30-28(35)24-14-22-16-33(12-10-21(22)15-25(24)37-4)29(36)39-23-11-13-38-17-23;1-2/h5-7,14-15,20,23H,2,8-13,16-17H2,1,3-4H3,(H,30,35);1-2H3/b7-5-,18-6+;.